The number of aryl methyl sites for hydroxylation is 2. The van der Waals surface area contributed by atoms with Crippen molar-refractivity contribution in [1.29, 1.82) is 0 Å². The van der Waals surface area contributed by atoms with Gasteiger partial charge in [0.05, 0.1) is 16.6 Å². The molecule has 1 amide bonds. The molecule has 1 atom stereocenters. The molecule has 0 aliphatic rings. The highest BCUT2D eigenvalue weighted by atomic mass is 16.5. The lowest BCUT2D eigenvalue weighted by Crippen LogP contribution is -2.30. The van der Waals surface area contributed by atoms with E-state index in [2.05, 4.69) is 15.5 Å². The van der Waals surface area contributed by atoms with Crippen LogP contribution < -0.4 is 5.32 Å². The second-order valence-electron chi connectivity index (χ2n) is 4.66. The van der Waals surface area contributed by atoms with Gasteiger partial charge in [-0.1, -0.05) is 5.16 Å². The molecule has 0 aliphatic heterocycles. The number of rotatable bonds is 5. The largest absolute Gasteiger partial charge is 0.479 e. The van der Waals surface area contributed by atoms with E-state index in [0.29, 0.717) is 22.3 Å². The van der Waals surface area contributed by atoms with Crippen molar-refractivity contribution in [3.05, 3.63) is 23.0 Å². The van der Waals surface area contributed by atoms with Crippen LogP contribution in [0.5, 0.6) is 0 Å². The predicted molar refractivity (Wildman–Crippen MR) is 71.9 cm³/mol. The number of aliphatic carboxylic acids is 1. The molecular weight excluding hydrogens is 278 g/mol. The molecule has 2 heterocycles. The van der Waals surface area contributed by atoms with Gasteiger partial charge in [-0.05, 0) is 19.9 Å². The van der Waals surface area contributed by atoms with Crippen LogP contribution in [0.4, 0.5) is 0 Å². The standard InChI is InChI=1S/C13H15N3O5/c1-6-5-8(10-7(2)16-21-12(10)15-6)11(18)14-4-3-9(17)13(19)20/h5,9,17H,3-4H2,1-2H3,(H,14,18)(H,19,20). The summed E-state index contributed by atoms with van der Waals surface area (Å²) in [7, 11) is 0. The van der Waals surface area contributed by atoms with Crippen LogP contribution >= 0.6 is 0 Å². The Morgan fingerprint density at radius 3 is 2.81 bits per heavy atom. The van der Waals surface area contributed by atoms with E-state index in [1.165, 1.54) is 0 Å². The molecule has 3 N–H and O–H groups in total. The smallest absolute Gasteiger partial charge is 0.332 e. The van der Waals surface area contributed by atoms with Gasteiger partial charge in [-0.25, -0.2) is 9.78 Å². The molecule has 2 aromatic rings. The van der Waals surface area contributed by atoms with Crippen LogP contribution in [0.15, 0.2) is 10.6 Å². The van der Waals surface area contributed by atoms with Gasteiger partial charge in [-0.2, -0.15) is 0 Å². The van der Waals surface area contributed by atoms with Crippen molar-refractivity contribution >= 4 is 23.0 Å². The molecule has 0 bridgehead atoms. The van der Waals surface area contributed by atoms with Crippen LogP contribution in [-0.4, -0.2) is 44.9 Å². The number of amides is 1. The summed E-state index contributed by atoms with van der Waals surface area (Å²) >= 11 is 0. The van der Waals surface area contributed by atoms with E-state index in [0.717, 1.165) is 0 Å². The Morgan fingerprint density at radius 2 is 2.14 bits per heavy atom. The van der Waals surface area contributed by atoms with E-state index in [-0.39, 0.29) is 18.7 Å². The zero-order chi connectivity index (χ0) is 15.6. The quantitative estimate of drug-likeness (QED) is 0.728. The molecule has 0 aromatic carbocycles. The number of hydrogen-bond donors (Lipinski definition) is 3. The van der Waals surface area contributed by atoms with Gasteiger partial charge in [0.25, 0.3) is 11.6 Å². The molecule has 0 saturated carbocycles. The maximum absolute atomic E-state index is 12.2. The number of pyridine rings is 1. The SMILES string of the molecule is Cc1cc(C(=O)NCCC(O)C(=O)O)c2c(C)noc2n1. The molecular formula is C13H15N3O5. The normalized spacial score (nSPS) is 12.3. The Balaban J connectivity index is 2.16. The first-order valence-electron chi connectivity index (χ1n) is 6.33. The predicted octanol–water partition coefficient (Wildman–Crippen LogP) is 0.405. The monoisotopic (exact) mass is 293 g/mol. The third-order valence-corrected chi connectivity index (χ3v) is 2.98. The third kappa shape index (κ3) is 3.16. The fourth-order valence-electron chi connectivity index (χ4n) is 1.94. The summed E-state index contributed by atoms with van der Waals surface area (Å²) in [6.45, 7) is 3.47. The van der Waals surface area contributed by atoms with E-state index in [1.54, 1.807) is 19.9 Å². The zero-order valence-corrected chi connectivity index (χ0v) is 11.6. The van der Waals surface area contributed by atoms with E-state index in [4.69, 9.17) is 14.7 Å². The number of hydrogen-bond acceptors (Lipinski definition) is 6. The molecule has 0 aliphatic carbocycles. The van der Waals surface area contributed by atoms with Crippen molar-refractivity contribution < 1.29 is 24.3 Å². The molecule has 0 spiro atoms. The second kappa shape index (κ2) is 5.88. The van der Waals surface area contributed by atoms with Crippen molar-refractivity contribution in [3.8, 4) is 0 Å². The average Bonchev–Trinajstić information content (AvgIpc) is 2.78. The summed E-state index contributed by atoms with van der Waals surface area (Å²) in [5.41, 5.74) is 1.80. The molecule has 2 aromatic heterocycles. The Bertz CT molecular complexity index is 694. The molecule has 21 heavy (non-hydrogen) atoms. The summed E-state index contributed by atoms with van der Waals surface area (Å²) in [5.74, 6) is -1.71. The number of aromatic nitrogens is 2. The van der Waals surface area contributed by atoms with Gasteiger partial charge in [0.2, 0.25) is 0 Å². The van der Waals surface area contributed by atoms with Gasteiger partial charge >= 0.3 is 5.97 Å². The van der Waals surface area contributed by atoms with Gasteiger partial charge in [0, 0.05) is 18.7 Å². The topological polar surface area (TPSA) is 126 Å². The average molecular weight is 293 g/mol. The van der Waals surface area contributed by atoms with Gasteiger partial charge in [-0.3, -0.25) is 4.79 Å². The third-order valence-electron chi connectivity index (χ3n) is 2.98. The van der Waals surface area contributed by atoms with Crippen molar-refractivity contribution in [2.75, 3.05) is 6.54 Å². The highest BCUT2D eigenvalue weighted by Crippen LogP contribution is 2.21. The van der Waals surface area contributed by atoms with Crippen LogP contribution in [0.2, 0.25) is 0 Å². The minimum Gasteiger partial charge on any atom is -0.479 e. The first-order valence-corrected chi connectivity index (χ1v) is 6.33. The van der Waals surface area contributed by atoms with Crippen LogP contribution in [0.3, 0.4) is 0 Å². The fraction of sp³-hybridized carbons (Fsp3) is 0.385. The maximum atomic E-state index is 12.2. The minimum absolute atomic E-state index is 0.0412. The lowest BCUT2D eigenvalue weighted by molar-refractivity contribution is -0.146. The molecule has 0 radical (unpaired) electrons. The van der Waals surface area contributed by atoms with Crippen molar-refractivity contribution in [2.45, 2.75) is 26.4 Å². The fourth-order valence-corrected chi connectivity index (χ4v) is 1.94. The van der Waals surface area contributed by atoms with E-state index < -0.39 is 18.0 Å². The summed E-state index contributed by atoms with van der Waals surface area (Å²) in [6.07, 6.45) is -1.57. The number of aliphatic hydroxyl groups is 1. The van der Waals surface area contributed by atoms with Crippen molar-refractivity contribution in [1.82, 2.24) is 15.5 Å². The number of carbonyl (C=O) groups is 2. The number of nitrogens with one attached hydrogen (secondary N) is 1. The first-order chi connectivity index (χ1) is 9.90. The molecule has 1 unspecified atom stereocenters. The number of aliphatic hydroxyl groups excluding tert-OH is 1. The maximum Gasteiger partial charge on any atom is 0.332 e. The molecule has 8 heteroatoms. The highest BCUT2D eigenvalue weighted by Gasteiger charge is 2.18. The number of carbonyl (C=O) groups excluding carboxylic acids is 1. The lowest BCUT2D eigenvalue weighted by Gasteiger charge is -2.08. The van der Waals surface area contributed by atoms with Crippen molar-refractivity contribution in [3.63, 3.8) is 0 Å². The van der Waals surface area contributed by atoms with Crippen LogP contribution in [0, 0.1) is 13.8 Å². The summed E-state index contributed by atoms with van der Waals surface area (Å²) in [6, 6.07) is 1.61. The Kier molecular flexibility index (Phi) is 4.18. The first kappa shape index (κ1) is 14.9. The van der Waals surface area contributed by atoms with E-state index in [1.807, 2.05) is 0 Å². The minimum atomic E-state index is -1.50. The molecule has 112 valence electrons. The van der Waals surface area contributed by atoms with Crippen molar-refractivity contribution in [2.24, 2.45) is 0 Å². The van der Waals surface area contributed by atoms with Gasteiger partial charge in [0.15, 0.2) is 6.10 Å². The molecule has 0 fully saturated rings. The second-order valence-corrected chi connectivity index (χ2v) is 4.66. The number of carboxylic acids is 1. The van der Waals surface area contributed by atoms with Gasteiger partial charge in [0.1, 0.15) is 0 Å². The number of carboxylic acid groups (broad SMARTS) is 1. The summed E-state index contributed by atoms with van der Waals surface area (Å²) in [5, 5.41) is 24.6. The van der Waals surface area contributed by atoms with E-state index in [9.17, 15) is 9.59 Å². The Hall–Kier alpha value is -2.48. The molecule has 8 nitrogen and oxygen atoms in total. The van der Waals surface area contributed by atoms with Crippen LogP contribution in [0.25, 0.3) is 11.1 Å². The van der Waals surface area contributed by atoms with Crippen LogP contribution in [0.1, 0.15) is 28.2 Å². The molecule has 2 rings (SSSR count). The lowest BCUT2D eigenvalue weighted by atomic mass is 10.1. The highest BCUT2D eigenvalue weighted by molar-refractivity contribution is 6.06. The Labute approximate surface area is 119 Å². The zero-order valence-electron chi connectivity index (χ0n) is 11.6. The van der Waals surface area contributed by atoms with Gasteiger partial charge < -0.3 is 20.1 Å². The van der Waals surface area contributed by atoms with Gasteiger partial charge in [-0.15, -0.1) is 0 Å². The number of nitrogens with zero attached hydrogens (tertiary/aromatic N) is 2. The summed E-state index contributed by atoms with van der Waals surface area (Å²) < 4.78 is 5.04. The number of fused-ring (bicyclic) bond motifs is 1. The van der Waals surface area contributed by atoms with E-state index >= 15 is 0 Å². The van der Waals surface area contributed by atoms with Crippen LogP contribution in [-0.2, 0) is 4.79 Å². The Morgan fingerprint density at radius 1 is 1.43 bits per heavy atom. The summed E-state index contributed by atoms with van der Waals surface area (Å²) in [4.78, 5) is 26.8. The molecule has 0 saturated heterocycles.